The molecule has 0 amide bonds. The highest BCUT2D eigenvalue weighted by atomic mass is 15.1. The van der Waals surface area contributed by atoms with Crippen LogP contribution in [0.4, 0.5) is 0 Å². The number of hydrogen-bond donors (Lipinski definition) is 0. The van der Waals surface area contributed by atoms with Crippen LogP contribution in [-0.4, -0.2) is 4.57 Å². The van der Waals surface area contributed by atoms with Gasteiger partial charge in [-0.15, -0.1) is 0 Å². The van der Waals surface area contributed by atoms with Crippen molar-refractivity contribution in [3.63, 3.8) is 0 Å². The van der Waals surface area contributed by atoms with E-state index in [1.54, 1.807) is 0 Å². The lowest BCUT2D eigenvalue weighted by Crippen LogP contribution is -2.29. The van der Waals surface area contributed by atoms with Crippen LogP contribution in [-0.2, 0) is 13.6 Å². The molecule has 0 aliphatic rings. The number of unbranched alkanes of at least 4 members (excludes halogenated alkanes) is 2. The highest BCUT2D eigenvalue weighted by Gasteiger charge is 2.15. The fourth-order valence-corrected chi connectivity index (χ4v) is 2.19. The summed E-state index contributed by atoms with van der Waals surface area (Å²) in [5.74, 6) is 1.29. The van der Waals surface area contributed by atoms with Crippen molar-refractivity contribution in [1.82, 2.24) is 4.57 Å². The summed E-state index contributed by atoms with van der Waals surface area (Å²) in [6.45, 7) is 3.35. The molecule has 2 aromatic rings. The van der Waals surface area contributed by atoms with Crippen molar-refractivity contribution < 1.29 is 4.57 Å². The smallest absolute Gasteiger partial charge is 0.233 e. The predicted molar refractivity (Wildman–Crippen MR) is 70.6 cm³/mol. The topological polar surface area (TPSA) is 8.81 Å². The van der Waals surface area contributed by atoms with Gasteiger partial charge in [0.15, 0.2) is 0 Å². The van der Waals surface area contributed by atoms with Gasteiger partial charge in [0.25, 0.3) is 5.82 Å². The lowest BCUT2D eigenvalue weighted by atomic mass is 10.2. The van der Waals surface area contributed by atoms with Crippen molar-refractivity contribution in [3.05, 3.63) is 42.7 Å². The van der Waals surface area contributed by atoms with Gasteiger partial charge in [-0.1, -0.05) is 31.5 Å². The standard InChI is InChI=1S/C15H21N2/c1-3-4-8-11-17-13-12-16(2)15(17)14-9-6-5-7-10-14/h5-7,9-10,12-13H,3-4,8,11H2,1-2H3/q+1. The first-order valence-corrected chi connectivity index (χ1v) is 6.43. The minimum atomic E-state index is 1.11. The maximum absolute atomic E-state index is 2.35. The summed E-state index contributed by atoms with van der Waals surface area (Å²) in [5, 5.41) is 0. The van der Waals surface area contributed by atoms with E-state index < -0.39 is 0 Å². The van der Waals surface area contributed by atoms with Gasteiger partial charge in [-0.3, -0.25) is 0 Å². The fraction of sp³-hybridized carbons (Fsp3) is 0.400. The molecule has 90 valence electrons. The molecule has 2 nitrogen and oxygen atoms in total. The van der Waals surface area contributed by atoms with E-state index in [9.17, 15) is 0 Å². The molecule has 0 unspecified atom stereocenters. The molecule has 2 rings (SSSR count). The summed E-state index contributed by atoms with van der Waals surface area (Å²) in [5.41, 5.74) is 1.29. The molecule has 0 fully saturated rings. The monoisotopic (exact) mass is 229 g/mol. The molecule has 2 heteroatoms. The summed E-state index contributed by atoms with van der Waals surface area (Å²) < 4.78 is 4.55. The van der Waals surface area contributed by atoms with E-state index in [0.29, 0.717) is 0 Å². The van der Waals surface area contributed by atoms with Crippen LogP contribution < -0.4 is 4.57 Å². The number of aryl methyl sites for hydroxylation is 2. The lowest BCUT2D eigenvalue weighted by molar-refractivity contribution is -0.659. The second-order valence-electron chi connectivity index (χ2n) is 4.50. The molecule has 1 aromatic carbocycles. The van der Waals surface area contributed by atoms with Crippen LogP contribution in [0.1, 0.15) is 26.2 Å². The molecule has 1 heterocycles. The average Bonchev–Trinajstić information content (AvgIpc) is 2.72. The van der Waals surface area contributed by atoms with E-state index in [4.69, 9.17) is 0 Å². The Kier molecular flexibility index (Phi) is 3.97. The number of nitrogens with zero attached hydrogens (tertiary/aromatic N) is 2. The SMILES string of the molecule is CCCCCn1cc[n+](C)c1-c1ccccc1. The van der Waals surface area contributed by atoms with Crippen molar-refractivity contribution in [2.45, 2.75) is 32.7 Å². The zero-order valence-corrected chi connectivity index (χ0v) is 10.8. The summed E-state index contributed by atoms with van der Waals surface area (Å²) >= 11 is 0. The van der Waals surface area contributed by atoms with E-state index in [2.05, 4.69) is 65.8 Å². The van der Waals surface area contributed by atoms with Gasteiger partial charge in [0.05, 0.1) is 19.2 Å². The van der Waals surface area contributed by atoms with Gasteiger partial charge in [0, 0.05) is 0 Å². The summed E-state index contributed by atoms with van der Waals surface area (Å²) in [6.07, 6.45) is 8.14. The minimum Gasteiger partial charge on any atom is -0.233 e. The normalized spacial score (nSPS) is 10.7. The molecule has 17 heavy (non-hydrogen) atoms. The first-order valence-electron chi connectivity index (χ1n) is 6.43. The maximum Gasteiger partial charge on any atom is 0.288 e. The Balaban J connectivity index is 2.24. The molecule has 0 atom stereocenters. The number of aromatic nitrogens is 2. The zero-order chi connectivity index (χ0) is 12.1. The van der Waals surface area contributed by atoms with Crippen LogP contribution in [0.5, 0.6) is 0 Å². The second-order valence-corrected chi connectivity index (χ2v) is 4.50. The molecular weight excluding hydrogens is 208 g/mol. The largest absolute Gasteiger partial charge is 0.288 e. The van der Waals surface area contributed by atoms with Crippen LogP contribution in [0, 0.1) is 0 Å². The first-order chi connectivity index (χ1) is 8.33. The van der Waals surface area contributed by atoms with Crippen molar-refractivity contribution >= 4 is 0 Å². The third-order valence-corrected chi connectivity index (χ3v) is 3.11. The van der Waals surface area contributed by atoms with Crippen LogP contribution >= 0.6 is 0 Å². The number of imidazole rings is 1. The fourth-order valence-electron chi connectivity index (χ4n) is 2.19. The molecule has 0 radical (unpaired) electrons. The third-order valence-electron chi connectivity index (χ3n) is 3.11. The van der Waals surface area contributed by atoms with Crippen LogP contribution in [0.2, 0.25) is 0 Å². The van der Waals surface area contributed by atoms with Crippen LogP contribution in [0.3, 0.4) is 0 Å². The van der Waals surface area contributed by atoms with Crippen molar-refractivity contribution in [1.29, 1.82) is 0 Å². The molecule has 0 aliphatic carbocycles. The lowest BCUT2D eigenvalue weighted by Gasteiger charge is -2.02. The number of hydrogen-bond acceptors (Lipinski definition) is 0. The van der Waals surface area contributed by atoms with Crippen molar-refractivity contribution in [3.8, 4) is 11.4 Å². The highest BCUT2D eigenvalue weighted by Crippen LogP contribution is 2.15. The maximum atomic E-state index is 2.35. The zero-order valence-electron chi connectivity index (χ0n) is 10.8. The van der Waals surface area contributed by atoms with Crippen molar-refractivity contribution in [2.75, 3.05) is 0 Å². The Hall–Kier alpha value is -1.57. The van der Waals surface area contributed by atoms with E-state index in [1.165, 1.54) is 30.7 Å². The van der Waals surface area contributed by atoms with Gasteiger partial charge in [0.2, 0.25) is 0 Å². The van der Waals surface area contributed by atoms with E-state index in [1.807, 2.05) is 0 Å². The van der Waals surface area contributed by atoms with Gasteiger partial charge in [-0.2, -0.15) is 0 Å². The quantitative estimate of drug-likeness (QED) is 0.550. The summed E-state index contributed by atoms with van der Waals surface area (Å²) in [4.78, 5) is 0. The Labute approximate surface area is 104 Å². The van der Waals surface area contributed by atoms with E-state index in [-0.39, 0.29) is 0 Å². The van der Waals surface area contributed by atoms with Gasteiger partial charge in [0.1, 0.15) is 12.4 Å². The molecule has 0 saturated heterocycles. The van der Waals surface area contributed by atoms with Crippen LogP contribution in [0.25, 0.3) is 11.4 Å². The molecule has 0 N–H and O–H groups in total. The predicted octanol–water partition coefficient (Wildman–Crippen LogP) is 3.17. The Morgan fingerprint density at radius 3 is 2.59 bits per heavy atom. The minimum absolute atomic E-state index is 1.11. The first kappa shape index (κ1) is 11.9. The Morgan fingerprint density at radius 1 is 1.12 bits per heavy atom. The number of benzene rings is 1. The van der Waals surface area contributed by atoms with Gasteiger partial charge in [-0.05, 0) is 25.0 Å². The average molecular weight is 229 g/mol. The van der Waals surface area contributed by atoms with Gasteiger partial charge in [-0.25, -0.2) is 9.13 Å². The molecule has 1 aromatic heterocycles. The molecule has 0 spiro atoms. The van der Waals surface area contributed by atoms with E-state index >= 15 is 0 Å². The molecular formula is C15H21N2+. The highest BCUT2D eigenvalue weighted by molar-refractivity contribution is 5.52. The van der Waals surface area contributed by atoms with Gasteiger partial charge >= 0.3 is 0 Å². The summed E-state index contributed by atoms with van der Waals surface area (Å²) in [7, 11) is 2.11. The number of rotatable bonds is 5. The molecule has 0 saturated carbocycles. The van der Waals surface area contributed by atoms with Gasteiger partial charge < -0.3 is 0 Å². The second kappa shape index (κ2) is 5.67. The van der Waals surface area contributed by atoms with Crippen LogP contribution in [0.15, 0.2) is 42.7 Å². The Morgan fingerprint density at radius 2 is 1.88 bits per heavy atom. The van der Waals surface area contributed by atoms with E-state index in [0.717, 1.165) is 6.54 Å². The third kappa shape index (κ3) is 2.76. The Bertz CT molecular complexity index is 457. The summed E-state index contributed by atoms with van der Waals surface area (Å²) in [6, 6.07) is 10.6. The van der Waals surface area contributed by atoms with Crippen molar-refractivity contribution in [2.24, 2.45) is 7.05 Å². The molecule has 0 aliphatic heterocycles. The molecule has 0 bridgehead atoms.